The van der Waals surface area contributed by atoms with Gasteiger partial charge in [-0.1, -0.05) is 24.3 Å². The van der Waals surface area contributed by atoms with Crippen LogP contribution < -0.4 is 10.9 Å². The maximum atomic E-state index is 12.3. The molecular weight excluding hydrogens is 340 g/mol. The lowest BCUT2D eigenvalue weighted by Crippen LogP contribution is -2.24. The molecule has 0 atom stereocenters. The number of hydrogen-bond acceptors (Lipinski definition) is 4. The molecule has 124 valence electrons. The lowest BCUT2D eigenvalue weighted by Gasteiger charge is -2.11. The number of fused-ring (bicyclic) bond motifs is 1. The number of pyridine rings is 1. The van der Waals surface area contributed by atoms with Crippen LogP contribution in [0.4, 0.5) is 0 Å². The number of aromatic nitrogens is 1. The topological polar surface area (TPSA) is 51.1 Å². The van der Waals surface area contributed by atoms with Crippen LogP contribution in [0.3, 0.4) is 0 Å². The SMILES string of the molecule is CCn1c(=O)cc(SCC(=O)NCc2cccs2)c2ccccc21. The molecule has 0 saturated heterocycles. The Hall–Kier alpha value is -2.05. The van der Waals surface area contributed by atoms with Gasteiger partial charge in [0, 0.05) is 27.8 Å². The maximum Gasteiger partial charge on any atom is 0.252 e. The van der Waals surface area contributed by atoms with E-state index in [-0.39, 0.29) is 11.5 Å². The number of aryl methyl sites for hydroxylation is 1. The van der Waals surface area contributed by atoms with Crippen molar-refractivity contribution in [3.8, 4) is 0 Å². The summed E-state index contributed by atoms with van der Waals surface area (Å²) in [4.78, 5) is 26.3. The van der Waals surface area contributed by atoms with E-state index in [1.165, 1.54) is 11.8 Å². The van der Waals surface area contributed by atoms with E-state index < -0.39 is 0 Å². The second-order valence-electron chi connectivity index (χ2n) is 5.25. The first kappa shape index (κ1) is 16.8. The molecule has 0 aliphatic carbocycles. The van der Waals surface area contributed by atoms with Crippen molar-refractivity contribution in [3.05, 3.63) is 63.1 Å². The third-order valence-electron chi connectivity index (χ3n) is 3.70. The van der Waals surface area contributed by atoms with Gasteiger partial charge in [-0.2, -0.15) is 0 Å². The minimum atomic E-state index is -0.0304. The molecule has 0 unspecified atom stereocenters. The van der Waals surface area contributed by atoms with Crippen LogP contribution in [0.25, 0.3) is 10.9 Å². The van der Waals surface area contributed by atoms with Gasteiger partial charge in [0.2, 0.25) is 5.91 Å². The molecule has 2 heterocycles. The fraction of sp³-hybridized carbons (Fsp3) is 0.222. The normalized spacial score (nSPS) is 10.9. The van der Waals surface area contributed by atoms with E-state index in [0.29, 0.717) is 18.8 Å². The molecule has 0 fully saturated rings. The molecular formula is C18H18N2O2S2. The van der Waals surface area contributed by atoms with Crippen LogP contribution in [-0.2, 0) is 17.9 Å². The quantitative estimate of drug-likeness (QED) is 0.686. The largest absolute Gasteiger partial charge is 0.350 e. The summed E-state index contributed by atoms with van der Waals surface area (Å²) in [6, 6.07) is 13.4. The van der Waals surface area contributed by atoms with Crippen molar-refractivity contribution in [2.24, 2.45) is 0 Å². The van der Waals surface area contributed by atoms with Gasteiger partial charge in [-0.15, -0.1) is 23.1 Å². The first-order chi connectivity index (χ1) is 11.7. The maximum absolute atomic E-state index is 12.3. The number of carbonyl (C=O) groups is 1. The highest BCUT2D eigenvalue weighted by molar-refractivity contribution is 8.00. The Morgan fingerprint density at radius 1 is 1.25 bits per heavy atom. The zero-order chi connectivity index (χ0) is 16.9. The minimum absolute atomic E-state index is 0.0299. The predicted octanol–water partition coefficient (Wildman–Crippen LogP) is 3.49. The van der Waals surface area contributed by atoms with E-state index in [1.54, 1.807) is 22.0 Å². The van der Waals surface area contributed by atoms with E-state index in [9.17, 15) is 9.59 Å². The van der Waals surface area contributed by atoms with Gasteiger partial charge in [0.25, 0.3) is 5.56 Å². The molecule has 3 aromatic rings. The molecule has 6 heteroatoms. The van der Waals surface area contributed by atoms with Gasteiger partial charge in [-0.05, 0) is 24.4 Å². The average Bonchev–Trinajstić information content (AvgIpc) is 3.11. The smallest absolute Gasteiger partial charge is 0.252 e. The summed E-state index contributed by atoms with van der Waals surface area (Å²) in [5.74, 6) is 0.266. The van der Waals surface area contributed by atoms with Crippen LogP contribution in [0.2, 0.25) is 0 Å². The Labute approximate surface area is 148 Å². The molecule has 0 aliphatic rings. The van der Waals surface area contributed by atoms with Gasteiger partial charge in [0.15, 0.2) is 0 Å². The van der Waals surface area contributed by atoms with Crippen molar-refractivity contribution in [2.45, 2.75) is 24.9 Å². The molecule has 4 nitrogen and oxygen atoms in total. The summed E-state index contributed by atoms with van der Waals surface area (Å²) in [5, 5.41) is 5.91. The van der Waals surface area contributed by atoms with Crippen LogP contribution >= 0.6 is 23.1 Å². The van der Waals surface area contributed by atoms with Crippen LogP contribution in [0.1, 0.15) is 11.8 Å². The standard InChI is InChI=1S/C18H18N2O2S2/c1-2-20-15-8-4-3-7-14(15)16(10-18(20)22)24-12-17(21)19-11-13-6-5-9-23-13/h3-10H,2,11-12H2,1H3,(H,19,21). The van der Waals surface area contributed by atoms with Gasteiger partial charge in [0.05, 0.1) is 17.8 Å². The number of thiophene rings is 1. The molecule has 0 aliphatic heterocycles. The monoisotopic (exact) mass is 358 g/mol. The van der Waals surface area contributed by atoms with E-state index in [0.717, 1.165) is 20.7 Å². The van der Waals surface area contributed by atoms with E-state index in [4.69, 9.17) is 0 Å². The number of amides is 1. The number of thioether (sulfide) groups is 1. The van der Waals surface area contributed by atoms with Crippen molar-refractivity contribution in [1.82, 2.24) is 9.88 Å². The molecule has 24 heavy (non-hydrogen) atoms. The summed E-state index contributed by atoms with van der Waals surface area (Å²) in [5.41, 5.74) is 0.881. The Morgan fingerprint density at radius 3 is 2.83 bits per heavy atom. The molecule has 2 aromatic heterocycles. The first-order valence-corrected chi connectivity index (χ1v) is 9.60. The number of hydrogen-bond donors (Lipinski definition) is 1. The van der Waals surface area contributed by atoms with Crippen molar-refractivity contribution in [2.75, 3.05) is 5.75 Å². The van der Waals surface area contributed by atoms with Crippen molar-refractivity contribution in [1.29, 1.82) is 0 Å². The Bertz CT molecular complexity index is 901. The summed E-state index contributed by atoms with van der Waals surface area (Å²) >= 11 is 3.03. The van der Waals surface area contributed by atoms with E-state index >= 15 is 0 Å². The van der Waals surface area contributed by atoms with Crippen molar-refractivity contribution in [3.63, 3.8) is 0 Å². The second kappa shape index (κ2) is 7.68. The molecule has 0 saturated carbocycles. The van der Waals surface area contributed by atoms with Crippen molar-refractivity contribution < 1.29 is 4.79 Å². The predicted molar refractivity (Wildman–Crippen MR) is 101 cm³/mol. The fourth-order valence-corrected chi connectivity index (χ4v) is 4.09. The Morgan fingerprint density at radius 2 is 2.08 bits per heavy atom. The van der Waals surface area contributed by atoms with Crippen LogP contribution in [0.15, 0.2) is 57.5 Å². The molecule has 1 aromatic carbocycles. The molecule has 0 radical (unpaired) electrons. The van der Waals surface area contributed by atoms with Gasteiger partial charge in [-0.25, -0.2) is 0 Å². The van der Waals surface area contributed by atoms with Gasteiger partial charge in [0.1, 0.15) is 0 Å². The lowest BCUT2D eigenvalue weighted by atomic mass is 10.2. The minimum Gasteiger partial charge on any atom is -0.350 e. The van der Waals surface area contributed by atoms with Crippen molar-refractivity contribution >= 4 is 39.9 Å². The number of nitrogens with zero attached hydrogens (tertiary/aromatic N) is 1. The third-order valence-corrected chi connectivity index (χ3v) is 5.63. The lowest BCUT2D eigenvalue weighted by molar-refractivity contribution is -0.118. The Balaban J connectivity index is 1.73. The molecule has 3 rings (SSSR count). The second-order valence-corrected chi connectivity index (χ2v) is 7.30. The zero-order valence-corrected chi connectivity index (χ0v) is 15.0. The molecule has 1 amide bonds. The summed E-state index contributed by atoms with van der Waals surface area (Å²) in [7, 11) is 0. The molecule has 0 bridgehead atoms. The summed E-state index contributed by atoms with van der Waals surface area (Å²) < 4.78 is 1.75. The van der Waals surface area contributed by atoms with Crippen LogP contribution in [0, 0.1) is 0 Å². The molecule has 0 spiro atoms. The summed E-state index contributed by atoms with van der Waals surface area (Å²) in [6.07, 6.45) is 0. The van der Waals surface area contributed by atoms with Gasteiger partial charge in [-0.3, -0.25) is 9.59 Å². The summed E-state index contributed by atoms with van der Waals surface area (Å²) in [6.45, 7) is 3.14. The highest BCUT2D eigenvalue weighted by Crippen LogP contribution is 2.26. The zero-order valence-electron chi connectivity index (χ0n) is 13.3. The number of nitrogens with one attached hydrogen (secondary N) is 1. The molecule has 1 N–H and O–H groups in total. The number of carbonyl (C=O) groups excluding carboxylic acids is 1. The van der Waals surface area contributed by atoms with E-state index in [1.807, 2.05) is 48.7 Å². The first-order valence-electron chi connectivity index (χ1n) is 7.73. The Kier molecular flexibility index (Phi) is 5.37. The fourth-order valence-electron chi connectivity index (χ4n) is 2.54. The number of benzene rings is 1. The van der Waals surface area contributed by atoms with Gasteiger partial charge < -0.3 is 9.88 Å². The highest BCUT2D eigenvalue weighted by atomic mass is 32.2. The number of rotatable bonds is 6. The van der Waals surface area contributed by atoms with E-state index in [2.05, 4.69) is 5.32 Å². The third kappa shape index (κ3) is 3.71. The van der Waals surface area contributed by atoms with Gasteiger partial charge >= 0.3 is 0 Å². The highest BCUT2D eigenvalue weighted by Gasteiger charge is 2.10. The average molecular weight is 358 g/mol. The van der Waals surface area contributed by atoms with Crippen LogP contribution in [0.5, 0.6) is 0 Å². The number of para-hydroxylation sites is 1. The van der Waals surface area contributed by atoms with Crippen LogP contribution in [-0.4, -0.2) is 16.2 Å².